The molecule has 0 radical (unpaired) electrons. The van der Waals surface area contributed by atoms with Gasteiger partial charge in [0.05, 0.1) is 6.61 Å². The number of piperazine rings is 1. The Bertz CT molecular complexity index is 512. The molecule has 0 bridgehead atoms. The number of benzene rings is 1. The summed E-state index contributed by atoms with van der Waals surface area (Å²) in [7, 11) is 0. The number of ether oxygens (including phenoxy) is 1. The van der Waals surface area contributed by atoms with Crippen LogP contribution in [0.2, 0.25) is 0 Å². The van der Waals surface area contributed by atoms with Crippen LogP contribution < -0.4 is 10.2 Å². The van der Waals surface area contributed by atoms with E-state index in [0.717, 1.165) is 13.1 Å². The summed E-state index contributed by atoms with van der Waals surface area (Å²) in [6, 6.07) is 9.65. The van der Waals surface area contributed by atoms with Crippen LogP contribution >= 0.6 is 0 Å². The van der Waals surface area contributed by atoms with Crippen molar-refractivity contribution in [1.82, 2.24) is 10.2 Å². The smallest absolute Gasteiger partial charge is 0.247 e. The number of amides is 2. The van der Waals surface area contributed by atoms with E-state index in [9.17, 15) is 9.59 Å². The molecule has 1 atom stereocenters. The molecule has 2 aliphatic heterocycles. The zero-order chi connectivity index (χ0) is 14.7. The molecule has 1 aromatic rings. The number of carbonyl (C=O) groups is 2. The summed E-state index contributed by atoms with van der Waals surface area (Å²) in [4.78, 5) is 27.7. The molecule has 2 aliphatic rings. The number of morpholine rings is 1. The predicted molar refractivity (Wildman–Crippen MR) is 78.0 cm³/mol. The predicted octanol–water partition coefficient (Wildman–Crippen LogP) is -0.150. The fourth-order valence-electron chi connectivity index (χ4n) is 2.72. The molecule has 3 rings (SSSR count). The van der Waals surface area contributed by atoms with E-state index in [4.69, 9.17) is 4.74 Å². The van der Waals surface area contributed by atoms with E-state index >= 15 is 0 Å². The summed E-state index contributed by atoms with van der Waals surface area (Å²) in [5.41, 5.74) is 1.18. The second-order valence-corrected chi connectivity index (χ2v) is 5.28. The molecule has 1 aromatic carbocycles. The first kappa shape index (κ1) is 13.9. The third-order valence-electron chi connectivity index (χ3n) is 3.86. The van der Waals surface area contributed by atoms with Gasteiger partial charge in [-0.05, 0) is 12.1 Å². The van der Waals surface area contributed by atoms with Gasteiger partial charge in [0, 0.05) is 31.9 Å². The van der Waals surface area contributed by atoms with E-state index < -0.39 is 6.04 Å². The van der Waals surface area contributed by atoms with Crippen LogP contribution in [0.5, 0.6) is 0 Å². The lowest BCUT2D eigenvalue weighted by molar-refractivity contribution is -0.144. The average molecular weight is 289 g/mol. The van der Waals surface area contributed by atoms with E-state index in [2.05, 4.69) is 22.3 Å². The van der Waals surface area contributed by atoms with Crippen LogP contribution in [0.25, 0.3) is 0 Å². The summed E-state index contributed by atoms with van der Waals surface area (Å²) in [5, 5.41) is 2.69. The van der Waals surface area contributed by atoms with Gasteiger partial charge in [-0.25, -0.2) is 0 Å². The number of nitrogens with zero attached hydrogens (tertiary/aromatic N) is 2. The lowest BCUT2D eigenvalue weighted by Crippen LogP contribution is -2.58. The first-order chi connectivity index (χ1) is 10.2. The summed E-state index contributed by atoms with van der Waals surface area (Å²) in [5.74, 6) is -0.265. The monoisotopic (exact) mass is 289 g/mol. The van der Waals surface area contributed by atoms with Crippen LogP contribution in [0.4, 0.5) is 5.69 Å². The highest BCUT2D eigenvalue weighted by molar-refractivity contribution is 5.89. The van der Waals surface area contributed by atoms with Crippen LogP contribution in [-0.4, -0.2) is 62.1 Å². The summed E-state index contributed by atoms with van der Waals surface area (Å²) in [6.07, 6.45) is 0. The number of carbonyl (C=O) groups excluding carboxylic acids is 2. The van der Waals surface area contributed by atoms with E-state index in [-0.39, 0.29) is 25.0 Å². The molecule has 2 saturated heterocycles. The van der Waals surface area contributed by atoms with Crippen molar-refractivity contribution in [2.75, 3.05) is 44.3 Å². The molecule has 0 aromatic heterocycles. The number of rotatable bonds is 2. The van der Waals surface area contributed by atoms with Crippen molar-refractivity contribution in [2.45, 2.75) is 6.04 Å². The maximum atomic E-state index is 12.4. The fraction of sp³-hybridized carbons (Fsp3) is 0.467. The molecule has 2 fully saturated rings. The lowest BCUT2D eigenvalue weighted by Gasteiger charge is -2.38. The molecule has 1 N–H and O–H groups in total. The first-order valence-electron chi connectivity index (χ1n) is 7.20. The number of hydrogen-bond donors (Lipinski definition) is 1. The summed E-state index contributed by atoms with van der Waals surface area (Å²) in [6.45, 7) is 3.25. The Balaban J connectivity index is 1.55. The van der Waals surface area contributed by atoms with Crippen molar-refractivity contribution in [3.05, 3.63) is 30.3 Å². The zero-order valence-corrected chi connectivity index (χ0v) is 11.8. The number of para-hydroxylation sites is 1. The van der Waals surface area contributed by atoms with Crippen molar-refractivity contribution in [2.24, 2.45) is 0 Å². The number of anilines is 1. The van der Waals surface area contributed by atoms with Crippen molar-refractivity contribution >= 4 is 17.5 Å². The molecule has 2 amide bonds. The first-order valence-corrected chi connectivity index (χ1v) is 7.20. The number of hydrogen-bond acceptors (Lipinski definition) is 4. The van der Waals surface area contributed by atoms with Crippen LogP contribution in [-0.2, 0) is 14.3 Å². The van der Waals surface area contributed by atoms with Gasteiger partial charge in [0.2, 0.25) is 11.8 Å². The highest BCUT2D eigenvalue weighted by Crippen LogP contribution is 2.16. The molecule has 0 spiro atoms. The largest absolute Gasteiger partial charge is 0.369 e. The van der Waals surface area contributed by atoms with Gasteiger partial charge in [-0.1, -0.05) is 18.2 Å². The van der Waals surface area contributed by atoms with Gasteiger partial charge in [-0.2, -0.15) is 0 Å². The van der Waals surface area contributed by atoms with Crippen molar-refractivity contribution in [1.29, 1.82) is 0 Å². The molecule has 112 valence electrons. The molecule has 6 heteroatoms. The molecule has 2 heterocycles. The maximum Gasteiger partial charge on any atom is 0.247 e. The third-order valence-corrected chi connectivity index (χ3v) is 3.86. The highest BCUT2D eigenvalue weighted by atomic mass is 16.5. The molecule has 0 saturated carbocycles. The van der Waals surface area contributed by atoms with Gasteiger partial charge in [0.25, 0.3) is 0 Å². The quantitative estimate of drug-likeness (QED) is 0.822. The Kier molecular flexibility index (Phi) is 4.06. The van der Waals surface area contributed by atoms with E-state index in [1.54, 1.807) is 4.90 Å². The standard InChI is InChI=1S/C15H19N3O3/c19-14-11-21-10-13(16-14)15(20)18-8-6-17(7-9-18)12-4-2-1-3-5-12/h1-5,13H,6-11H2,(H,16,19). The van der Waals surface area contributed by atoms with Gasteiger partial charge in [0.15, 0.2) is 0 Å². The molecular weight excluding hydrogens is 270 g/mol. The van der Waals surface area contributed by atoms with Gasteiger partial charge in [-0.15, -0.1) is 0 Å². The van der Waals surface area contributed by atoms with Crippen molar-refractivity contribution in [3.63, 3.8) is 0 Å². The molecule has 21 heavy (non-hydrogen) atoms. The molecular formula is C15H19N3O3. The summed E-state index contributed by atoms with van der Waals surface area (Å²) < 4.78 is 5.13. The van der Waals surface area contributed by atoms with E-state index in [1.165, 1.54) is 5.69 Å². The Morgan fingerprint density at radius 3 is 2.52 bits per heavy atom. The summed E-state index contributed by atoms with van der Waals surface area (Å²) >= 11 is 0. The lowest BCUT2D eigenvalue weighted by atomic mass is 10.2. The maximum absolute atomic E-state index is 12.4. The normalized spacial score (nSPS) is 22.9. The minimum atomic E-state index is -0.533. The van der Waals surface area contributed by atoms with Gasteiger partial charge >= 0.3 is 0 Å². The Hall–Kier alpha value is -2.08. The van der Waals surface area contributed by atoms with Gasteiger partial charge in [-0.3, -0.25) is 9.59 Å². The number of nitrogens with one attached hydrogen (secondary N) is 1. The average Bonchev–Trinajstić information content (AvgIpc) is 2.55. The Morgan fingerprint density at radius 1 is 1.14 bits per heavy atom. The second kappa shape index (κ2) is 6.13. The van der Waals surface area contributed by atoms with Gasteiger partial charge in [0.1, 0.15) is 12.6 Å². The van der Waals surface area contributed by atoms with Crippen molar-refractivity contribution < 1.29 is 14.3 Å². The SMILES string of the molecule is O=C1COCC(C(=O)N2CCN(c3ccccc3)CC2)N1. The van der Waals surface area contributed by atoms with Gasteiger partial charge < -0.3 is 19.9 Å². The van der Waals surface area contributed by atoms with Crippen LogP contribution in [0, 0.1) is 0 Å². The topological polar surface area (TPSA) is 61.9 Å². The van der Waals surface area contributed by atoms with E-state index in [0.29, 0.717) is 13.1 Å². The van der Waals surface area contributed by atoms with Crippen LogP contribution in [0.3, 0.4) is 0 Å². The fourth-order valence-corrected chi connectivity index (χ4v) is 2.72. The minimum Gasteiger partial charge on any atom is -0.369 e. The third kappa shape index (κ3) is 3.16. The van der Waals surface area contributed by atoms with E-state index in [1.807, 2.05) is 18.2 Å². The minimum absolute atomic E-state index is 0.0456. The highest BCUT2D eigenvalue weighted by Gasteiger charge is 2.31. The zero-order valence-electron chi connectivity index (χ0n) is 11.8. The molecule has 0 aliphatic carbocycles. The Morgan fingerprint density at radius 2 is 1.86 bits per heavy atom. The molecule has 6 nitrogen and oxygen atoms in total. The van der Waals surface area contributed by atoms with Crippen LogP contribution in [0.1, 0.15) is 0 Å². The molecule has 1 unspecified atom stereocenters. The Labute approximate surface area is 123 Å². The second-order valence-electron chi connectivity index (χ2n) is 5.28. The van der Waals surface area contributed by atoms with Crippen LogP contribution in [0.15, 0.2) is 30.3 Å². The van der Waals surface area contributed by atoms with Crippen molar-refractivity contribution in [3.8, 4) is 0 Å².